The Bertz CT molecular complexity index is 1500. The molecule has 0 aromatic rings. The smallest absolute Gasteiger partial charge is 0.123 e. The van der Waals surface area contributed by atoms with Crippen LogP contribution in [0.1, 0.15) is 212 Å². The molecule has 0 aromatic carbocycles. The molecule has 358 valence electrons. The van der Waals surface area contributed by atoms with Gasteiger partial charge in [-0.15, -0.1) is 0 Å². The monoisotopic (exact) mass is 927 g/mol. The van der Waals surface area contributed by atoms with Crippen LogP contribution in [0.25, 0.3) is 0 Å². The van der Waals surface area contributed by atoms with Gasteiger partial charge in [0.05, 0.1) is 17.3 Å². The van der Waals surface area contributed by atoms with Gasteiger partial charge >= 0.3 is 0 Å². The molecular weight excluding hydrogens is 829 g/mol. The molecule has 0 bridgehead atoms. The fraction of sp³-hybridized carbons (Fsp3) is 0.912. The molecule has 0 aliphatic heterocycles. The van der Waals surface area contributed by atoms with Crippen LogP contribution < -0.4 is 0 Å². The summed E-state index contributed by atoms with van der Waals surface area (Å²) in [5, 5.41) is 33.7. The van der Waals surface area contributed by atoms with E-state index in [2.05, 4.69) is 97.3 Å². The Morgan fingerprint density at radius 2 is 1.10 bits per heavy atom. The van der Waals surface area contributed by atoms with Crippen molar-refractivity contribution in [2.24, 2.45) is 93.7 Å². The first-order valence-corrected chi connectivity index (χ1v) is 27.5. The molecule has 6 fully saturated rings. The summed E-state index contributed by atoms with van der Waals surface area (Å²) in [6, 6.07) is 0. The largest absolute Gasteiger partial charge is 0.393 e. The number of carbonyl (C=O) groups is 1. The van der Waals surface area contributed by atoms with E-state index >= 15 is 0 Å². The zero-order chi connectivity index (χ0) is 44.5. The summed E-state index contributed by atoms with van der Waals surface area (Å²) in [5.74, 6) is 9.94. The van der Waals surface area contributed by atoms with E-state index in [1.807, 2.05) is 0 Å². The molecule has 8 aliphatic rings. The highest BCUT2D eigenvalue weighted by atomic mass is 79.9. The summed E-state index contributed by atoms with van der Waals surface area (Å²) in [4.78, 5) is 11.4. The first-order valence-electron chi connectivity index (χ1n) is 26.4. The Balaban J connectivity index is 0.000000207. The van der Waals surface area contributed by atoms with Crippen LogP contribution in [0, 0.1) is 93.7 Å². The van der Waals surface area contributed by atoms with Crippen molar-refractivity contribution >= 4 is 22.2 Å². The number of halogens is 1. The number of hydrogen-bond donors (Lipinski definition) is 3. The predicted molar refractivity (Wildman–Crippen MR) is 266 cm³/mol. The van der Waals surface area contributed by atoms with Gasteiger partial charge in [0.15, 0.2) is 0 Å². The SMILES string of the molecule is C.CC(C)CCBr.CC[C@]1(O)CC[C@H]2C(=CC[C@@H]3[C@@H]2CC[C@]2(C)[C@@H]([C@H](C)C=O)CC[C@@H]32)C1.CC[C@]1(O)CC[C@H]2C(=CC[C@@H]3[C@@H]2CC[C@]2(C)[C@@H]([C@H](C)[C@@H](O)CCC(C)C)CC[C@@H]32)C1. The van der Waals surface area contributed by atoms with Crippen LogP contribution in [-0.2, 0) is 4.79 Å². The summed E-state index contributed by atoms with van der Waals surface area (Å²) in [6.07, 6.45) is 30.7. The molecule has 0 saturated heterocycles. The minimum atomic E-state index is -0.434. The maximum Gasteiger partial charge on any atom is 0.123 e. The second kappa shape index (κ2) is 21.6. The summed E-state index contributed by atoms with van der Waals surface area (Å²) in [6.45, 7) is 22.8. The molecule has 4 nitrogen and oxygen atoms in total. The van der Waals surface area contributed by atoms with Crippen molar-refractivity contribution in [3.05, 3.63) is 23.3 Å². The molecule has 17 atom stereocenters. The molecular formula is C57H99BrO4. The van der Waals surface area contributed by atoms with Gasteiger partial charge < -0.3 is 20.1 Å². The van der Waals surface area contributed by atoms with Crippen molar-refractivity contribution < 1.29 is 20.1 Å². The summed E-state index contributed by atoms with van der Waals surface area (Å²) < 4.78 is 0. The van der Waals surface area contributed by atoms with E-state index in [0.717, 1.165) is 110 Å². The van der Waals surface area contributed by atoms with Gasteiger partial charge in [-0.1, -0.05) is 116 Å². The standard InChI is InChI=1S/C28H48O2.C23H36O2.C5H11Br.CH4/c1-6-28(30)16-14-21-20(17-28)8-9-23-22(21)13-15-27(5)24(10-11-25(23)27)19(4)26(29)12-7-18(2)3;1-4-23(25)12-10-17-16(13-23)5-6-19-18(17)9-11-22(3)20(15(2)14-24)7-8-21(19)22;1-5(2)3-4-6;/h8,18-19,21-26,29-30H,6-7,9-17H2,1-5H3;5,14-15,17-21,25H,4,6-13H2,1-3H3;5H,3-4H2,1-2H3;1H4/t19-,21-,22+,23+,24+,25-,26-,27+,28-;15-,17+,18-,19-,20-,21+,22-,23+;;/m01../s1. The number of allylic oxidation sites excluding steroid dienone is 2. The number of rotatable bonds is 11. The highest BCUT2D eigenvalue weighted by molar-refractivity contribution is 9.09. The minimum absolute atomic E-state index is 0. The van der Waals surface area contributed by atoms with E-state index in [-0.39, 0.29) is 19.4 Å². The number of alkyl halides is 1. The van der Waals surface area contributed by atoms with Crippen LogP contribution in [0.5, 0.6) is 0 Å². The van der Waals surface area contributed by atoms with E-state index in [1.165, 1.54) is 89.8 Å². The zero-order valence-corrected chi connectivity index (χ0v) is 42.7. The lowest BCUT2D eigenvalue weighted by Crippen LogP contribution is -2.48. The van der Waals surface area contributed by atoms with Crippen LogP contribution >= 0.6 is 15.9 Å². The normalized spacial score (nSPS) is 43.2. The Labute approximate surface area is 391 Å². The van der Waals surface area contributed by atoms with Crippen LogP contribution in [0.15, 0.2) is 23.3 Å². The number of aliphatic hydroxyl groups excluding tert-OH is 1. The fourth-order valence-electron chi connectivity index (χ4n) is 16.5. The molecule has 0 aromatic heterocycles. The lowest BCUT2D eigenvalue weighted by Gasteiger charge is -2.55. The number of aldehydes is 1. The molecule has 0 spiro atoms. The second-order valence-corrected chi connectivity index (χ2v) is 25.2. The van der Waals surface area contributed by atoms with E-state index in [4.69, 9.17) is 0 Å². The molecule has 3 N–H and O–H groups in total. The van der Waals surface area contributed by atoms with Gasteiger partial charge in [0, 0.05) is 11.2 Å². The first-order chi connectivity index (χ1) is 28.9. The predicted octanol–water partition coefficient (Wildman–Crippen LogP) is 15.0. The number of carbonyl (C=O) groups excluding carboxylic acids is 1. The molecule has 8 rings (SSSR count). The van der Waals surface area contributed by atoms with Crippen LogP contribution in [0.4, 0.5) is 0 Å². The van der Waals surface area contributed by atoms with Gasteiger partial charge in [0.1, 0.15) is 6.29 Å². The van der Waals surface area contributed by atoms with Gasteiger partial charge in [0.25, 0.3) is 0 Å². The summed E-state index contributed by atoms with van der Waals surface area (Å²) in [7, 11) is 0. The molecule has 8 aliphatic carbocycles. The van der Waals surface area contributed by atoms with Crippen LogP contribution in [-0.4, -0.2) is 44.2 Å². The Hall–Kier alpha value is -0.490. The maximum atomic E-state index is 11.4. The van der Waals surface area contributed by atoms with Gasteiger partial charge in [-0.3, -0.25) is 0 Å². The van der Waals surface area contributed by atoms with Crippen LogP contribution in [0.3, 0.4) is 0 Å². The Kier molecular flexibility index (Phi) is 18.3. The Morgan fingerprint density at radius 3 is 1.50 bits per heavy atom. The summed E-state index contributed by atoms with van der Waals surface area (Å²) in [5.41, 5.74) is 3.11. The van der Waals surface area contributed by atoms with Crippen molar-refractivity contribution in [2.45, 2.75) is 229 Å². The van der Waals surface area contributed by atoms with Crippen molar-refractivity contribution in [3.63, 3.8) is 0 Å². The first kappa shape index (κ1) is 52.5. The van der Waals surface area contributed by atoms with E-state index in [0.29, 0.717) is 34.5 Å². The quantitative estimate of drug-likeness (QED) is 0.110. The number of hydrogen-bond acceptors (Lipinski definition) is 4. The van der Waals surface area contributed by atoms with Crippen molar-refractivity contribution in [1.29, 1.82) is 0 Å². The van der Waals surface area contributed by atoms with Crippen molar-refractivity contribution in [3.8, 4) is 0 Å². The van der Waals surface area contributed by atoms with Gasteiger partial charge in [-0.2, -0.15) is 0 Å². The average Bonchev–Trinajstić information content (AvgIpc) is 3.79. The van der Waals surface area contributed by atoms with E-state index in [1.54, 1.807) is 11.1 Å². The molecule has 62 heavy (non-hydrogen) atoms. The fourth-order valence-corrected chi connectivity index (χ4v) is 17.4. The average molecular weight is 928 g/mol. The Morgan fingerprint density at radius 1 is 0.645 bits per heavy atom. The molecule has 0 heterocycles. The zero-order valence-electron chi connectivity index (χ0n) is 41.1. The topological polar surface area (TPSA) is 77.8 Å². The molecule has 5 heteroatoms. The third-order valence-corrected chi connectivity index (χ3v) is 20.9. The molecule has 0 unspecified atom stereocenters. The lowest BCUT2D eigenvalue weighted by molar-refractivity contribution is -0.114. The second-order valence-electron chi connectivity index (χ2n) is 24.4. The highest BCUT2D eigenvalue weighted by Crippen LogP contribution is 2.66. The van der Waals surface area contributed by atoms with Gasteiger partial charge in [-0.25, -0.2) is 0 Å². The number of fused-ring (bicyclic) bond motifs is 10. The third kappa shape index (κ3) is 10.8. The van der Waals surface area contributed by atoms with E-state index < -0.39 is 11.2 Å². The van der Waals surface area contributed by atoms with Crippen molar-refractivity contribution in [2.75, 3.05) is 5.33 Å². The molecule has 0 radical (unpaired) electrons. The van der Waals surface area contributed by atoms with Crippen molar-refractivity contribution in [1.82, 2.24) is 0 Å². The van der Waals surface area contributed by atoms with Gasteiger partial charge in [0.2, 0.25) is 0 Å². The minimum Gasteiger partial charge on any atom is -0.393 e. The van der Waals surface area contributed by atoms with Crippen LogP contribution in [0.2, 0.25) is 0 Å². The molecule has 0 amide bonds. The number of aliphatic hydroxyl groups is 3. The summed E-state index contributed by atoms with van der Waals surface area (Å²) >= 11 is 3.35. The molecule has 6 saturated carbocycles. The maximum absolute atomic E-state index is 11.4. The van der Waals surface area contributed by atoms with E-state index in [9.17, 15) is 20.1 Å². The third-order valence-electron chi connectivity index (χ3n) is 20.5. The van der Waals surface area contributed by atoms with Gasteiger partial charge in [-0.05, 0) is 223 Å². The lowest BCUT2D eigenvalue weighted by atomic mass is 9.50. The highest BCUT2D eigenvalue weighted by Gasteiger charge is 2.59.